The van der Waals surface area contributed by atoms with Gasteiger partial charge in [0.15, 0.2) is 0 Å². The molecule has 0 saturated carbocycles. The topological polar surface area (TPSA) is 8.81 Å². The van der Waals surface area contributed by atoms with Crippen LogP contribution in [0.5, 0.6) is 0 Å². The lowest BCUT2D eigenvalue weighted by molar-refractivity contribution is -0.704. The highest BCUT2D eigenvalue weighted by molar-refractivity contribution is 4.84. The van der Waals surface area contributed by atoms with Gasteiger partial charge in [-0.15, -0.1) is 0 Å². The van der Waals surface area contributed by atoms with Crippen LogP contribution in [0.4, 0.5) is 0 Å². The maximum Gasteiger partial charge on any atom is 0.256 e. The standard InChI is InChI=1S/C44H87N2/c1-4-7-10-13-16-19-21-22-23-24-25-26-27-29-32-35-38-41-46-43-42-45(40-37-34-31-28-20-17-14-11-8-5-2)44(46)39-36-33-30-18-15-12-9-6-3/h42-43H,4-41H2,1-3H3/q+1. The molecule has 0 N–H and O–H groups in total. The molecule has 0 aliphatic carbocycles. The number of aryl methyl sites for hydroxylation is 2. The molecule has 0 amide bonds. The minimum absolute atomic E-state index is 1.23. The number of unbranched alkanes of at least 4 members (excludes halogenated alkanes) is 32. The normalized spacial score (nSPS) is 11.6. The smallest absolute Gasteiger partial charge is 0.234 e. The summed E-state index contributed by atoms with van der Waals surface area (Å²) in [6.45, 7) is 9.41. The molecule has 0 unspecified atom stereocenters. The van der Waals surface area contributed by atoms with E-state index in [1.54, 1.807) is 5.82 Å². The Bertz CT molecular complexity index is 707. The van der Waals surface area contributed by atoms with Crippen LogP contribution in [-0.2, 0) is 19.5 Å². The van der Waals surface area contributed by atoms with Crippen LogP contribution in [0.2, 0.25) is 0 Å². The largest absolute Gasteiger partial charge is 0.256 e. The van der Waals surface area contributed by atoms with Gasteiger partial charge in [-0.05, 0) is 32.1 Å². The first kappa shape index (κ1) is 43.2. The summed E-state index contributed by atoms with van der Waals surface area (Å²) in [6.07, 6.45) is 56.4. The van der Waals surface area contributed by atoms with Gasteiger partial charge in [0.05, 0.1) is 13.1 Å². The average molecular weight is 644 g/mol. The van der Waals surface area contributed by atoms with E-state index < -0.39 is 0 Å². The Balaban J connectivity index is 2.21. The Morgan fingerprint density at radius 3 is 1.04 bits per heavy atom. The average Bonchev–Trinajstić information content (AvgIpc) is 3.45. The Morgan fingerprint density at radius 2 is 0.674 bits per heavy atom. The van der Waals surface area contributed by atoms with Crippen molar-refractivity contribution in [3.8, 4) is 0 Å². The third-order valence-corrected chi connectivity index (χ3v) is 10.6. The molecular formula is C44H87N2+. The van der Waals surface area contributed by atoms with E-state index in [0.717, 1.165) is 0 Å². The molecule has 0 atom stereocenters. The van der Waals surface area contributed by atoms with Crippen molar-refractivity contribution < 1.29 is 4.57 Å². The van der Waals surface area contributed by atoms with E-state index in [0.29, 0.717) is 0 Å². The first-order valence-electron chi connectivity index (χ1n) is 21.9. The lowest BCUT2D eigenvalue weighted by Gasteiger charge is -2.07. The van der Waals surface area contributed by atoms with Gasteiger partial charge in [-0.2, -0.15) is 0 Å². The summed E-state index contributed by atoms with van der Waals surface area (Å²) in [5.74, 6) is 1.62. The minimum Gasteiger partial charge on any atom is -0.234 e. The Labute approximate surface area is 291 Å². The summed E-state index contributed by atoms with van der Waals surface area (Å²) in [5.41, 5.74) is 0. The quantitative estimate of drug-likeness (QED) is 0.0501. The maximum atomic E-state index is 2.64. The molecule has 46 heavy (non-hydrogen) atoms. The van der Waals surface area contributed by atoms with Gasteiger partial charge >= 0.3 is 0 Å². The Morgan fingerprint density at radius 1 is 0.370 bits per heavy atom. The lowest BCUT2D eigenvalue weighted by atomic mass is 10.0. The van der Waals surface area contributed by atoms with E-state index in [9.17, 15) is 0 Å². The molecular weight excluding hydrogens is 556 g/mol. The summed E-state index contributed by atoms with van der Waals surface area (Å²) >= 11 is 0. The van der Waals surface area contributed by atoms with Crippen molar-refractivity contribution in [3.63, 3.8) is 0 Å². The van der Waals surface area contributed by atoms with Gasteiger partial charge < -0.3 is 0 Å². The highest BCUT2D eigenvalue weighted by Gasteiger charge is 2.16. The van der Waals surface area contributed by atoms with E-state index in [4.69, 9.17) is 0 Å². The van der Waals surface area contributed by atoms with Crippen molar-refractivity contribution in [1.82, 2.24) is 4.57 Å². The SMILES string of the molecule is CCCCCCCCCCCCCCCCCCC[n+]1ccn(CCCCCCCCCCCC)c1CCCCCCCCCC. The summed E-state index contributed by atoms with van der Waals surface area (Å²) < 4.78 is 5.28. The summed E-state index contributed by atoms with van der Waals surface area (Å²) in [4.78, 5) is 0. The molecule has 0 bridgehead atoms. The molecule has 1 heterocycles. The minimum atomic E-state index is 1.23. The fourth-order valence-electron chi connectivity index (χ4n) is 7.39. The molecule has 1 aromatic heterocycles. The van der Waals surface area contributed by atoms with Crippen molar-refractivity contribution in [1.29, 1.82) is 0 Å². The van der Waals surface area contributed by atoms with Crippen LogP contribution in [0.15, 0.2) is 12.4 Å². The van der Waals surface area contributed by atoms with Crippen LogP contribution in [0.25, 0.3) is 0 Å². The van der Waals surface area contributed by atoms with Crippen molar-refractivity contribution in [3.05, 3.63) is 18.2 Å². The predicted octanol–water partition coefficient (Wildman–Crippen LogP) is 15.0. The third kappa shape index (κ3) is 27.2. The number of rotatable bonds is 38. The van der Waals surface area contributed by atoms with E-state index in [1.165, 1.54) is 244 Å². The van der Waals surface area contributed by atoms with Crippen LogP contribution in [0, 0.1) is 0 Å². The molecule has 2 nitrogen and oxygen atoms in total. The zero-order valence-corrected chi connectivity index (χ0v) is 32.4. The van der Waals surface area contributed by atoms with Crippen LogP contribution in [0.3, 0.4) is 0 Å². The van der Waals surface area contributed by atoms with Gasteiger partial charge in [0.2, 0.25) is 0 Å². The van der Waals surface area contributed by atoms with E-state index in [1.807, 2.05) is 0 Å². The fraction of sp³-hybridized carbons (Fsp3) is 0.932. The zero-order chi connectivity index (χ0) is 33.0. The van der Waals surface area contributed by atoms with Crippen LogP contribution >= 0.6 is 0 Å². The van der Waals surface area contributed by atoms with E-state index >= 15 is 0 Å². The molecule has 1 rings (SSSR count). The second kappa shape index (κ2) is 35.5. The highest BCUT2D eigenvalue weighted by atomic mass is 15.1. The van der Waals surface area contributed by atoms with Gasteiger partial charge in [-0.25, -0.2) is 9.13 Å². The Kier molecular flexibility index (Phi) is 33.4. The van der Waals surface area contributed by atoms with Crippen LogP contribution in [0.1, 0.15) is 251 Å². The summed E-state index contributed by atoms with van der Waals surface area (Å²) in [6, 6.07) is 0. The van der Waals surface area contributed by atoms with Crippen LogP contribution in [-0.4, -0.2) is 4.57 Å². The lowest BCUT2D eigenvalue weighted by Crippen LogP contribution is -2.37. The molecule has 0 saturated heterocycles. The van der Waals surface area contributed by atoms with Crippen molar-refractivity contribution in [2.24, 2.45) is 0 Å². The molecule has 0 aliphatic rings. The molecule has 0 aliphatic heterocycles. The third-order valence-electron chi connectivity index (χ3n) is 10.6. The maximum absolute atomic E-state index is 2.64. The molecule has 1 aromatic rings. The van der Waals surface area contributed by atoms with Crippen molar-refractivity contribution >= 4 is 0 Å². The first-order chi connectivity index (χ1) is 22.8. The number of imidazole rings is 1. The molecule has 0 fully saturated rings. The molecule has 272 valence electrons. The first-order valence-corrected chi connectivity index (χ1v) is 21.9. The van der Waals surface area contributed by atoms with E-state index in [-0.39, 0.29) is 0 Å². The Hall–Kier alpha value is -0.790. The second-order valence-electron chi connectivity index (χ2n) is 15.2. The number of hydrogen-bond donors (Lipinski definition) is 0. The van der Waals surface area contributed by atoms with Crippen molar-refractivity contribution in [2.45, 2.75) is 265 Å². The molecule has 0 spiro atoms. The van der Waals surface area contributed by atoms with Crippen molar-refractivity contribution in [2.75, 3.05) is 0 Å². The monoisotopic (exact) mass is 644 g/mol. The summed E-state index contributed by atoms with van der Waals surface area (Å²) in [5, 5.41) is 0. The number of nitrogens with zero attached hydrogens (tertiary/aromatic N) is 2. The molecule has 2 heteroatoms. The molecule has 0 radical (unpaired) electrons. The predicted molar refractivity (Wildman–Crippen MR) is 207 cm³/mol. The van der Waals surface area contributed by atoms with Crippen LogP contribution < -0.4 is 4.57 Å². The van der Waals surface area contributed by atoms with Gasteiger partial charge in [0.25, 0.3) is 5.82 Å². The van der Waals surface area contributed by atoms with Gasteiger partial charge in [0, 0.05) is 6.42 Å². The van der Waals surface area contributed by atoms with Gasteiger partial charge in [0.1, 0.15) is 12.4 Å². The number of hydrogen-bond acceptors (Lipinski definition) is 0. The highest BCUT2D eigenvalue weighted by Crippen LogP contribution is 2.16. The van der Waals surface area contributed by atoms with E-state index in [2.05, 4.69) is 42.3 Å². The fourth-order valence-corrected chi connectivity index (χ4v) is 7.39. The summed E-state index contributed by atoms with van der Waals surface area (Å²) in [7, 11) is 0. The second-order valence-corrected chi connectivity index (χ2v) is 15.2. The number of aromatic nitrogens is 2. The van der Waals surface area contributed by atoms with Gasteiger partial charge in [-0.3, -0.25) is 0 Å². The zero-order valence-electron chi connectivity index (χ0n) is 32.4. The molecule has 0 aromatic carbocycles. The van der Waals surface area contributed by atoms with Gasteiger partial charge in [-0.1, -0.05) is 213 Å².